The van der Waals surface area contributed by atoms with Gasteiger partial charge in [-0.2, -0.15) is 0 Å². The maximum absolute atomic E-state index is 5.34. The molecule has 0 aliphatic carbocycles. The Morgan fingerprint density at radius 3 is 3.22 bits per heavy atom. The van der Waals surface area contributed by atoms with E-state index in [0.29, 0.717) is 6.61 Å². The molecule has 1 aliphatic heterocycles. The molecule has 9 heavy (non-hydrogen) atoms. The lowest BCUT2D eigenvalue weighted by Crippen LogP contribution is -2.24. The fourth-order valence-corrected chi connectivity index (χ4v) is 0.970. The number of ether oxygens (including phenoxy) is 2. The first-order valence-electron chi connectivity index (χ1n) is 3.37. The fourth-order valence-electron chi connectivity index (χ4n) is 0.970. The molecule has 1 rings (SSSR count). The lowest BCUT2D eigenvalue weighted by Gasteiger charge is -2.20. The Kier molecular flexibility index (Phi) is 3.01. The Labute approximate surface area is 56.2 Å². The first-order valence-corrected chi connectivity index (χ1v) is 3.37. The van der Waals surface area contributed by atoms with E-state index in [4.69, 9.17) is 9.47 Å². The summed E-state index contributed by atoms with van der Waals surface area (Å²) in [5.41, 5.74) is 0. The van der Waals surface area contributed by atoms with Crippen LogP contribution < -0.4 is 0 Å². The van der Waals surface area contributed by atoms with Crippen LogP contribution in [-0.2, 0) is 9.47 Å². The number of hydrogen-bond donors (Lipinski definition) is 0. The van der Waals surface area contributed by atoms with E-state index in [1.165, 1.54) is 12.8 Å². The third kappa shape index (κ3) is 2.33. The summed E-state index contributed by atoms with van der Waals surface area (Å²) in [7, 11) is 1.70. The molecular weight excluding hydrogens is 116 g/mol. The standard InChI is InChI=1S/C7H13O2/c1-8-6-7-4-2-3-5-9-7/h4,7H,2-3,5-6H2,1H3/t7-/m1/s1. The summed E-state index contributed by atoms with van der Waals surface area (Å²) in [5, 5.41) is 0. The van der Waals surface area contributed by atoms with Gasteiger partial charge in [0, 0.05) is 13.7 Å². The quantitative estimate of drug-likeness (QED) is 0.554. The van der Waals surface area contributed by atoms with Gasteiger partial charge in [0.1, 0.15) is 0 Å². The second-order valence-corrected chi connectivity index (χ2v) is 2.24. The summed E-state index contributed by atoms with van der Waals surface area (Å²) >= 11 is 0. The molecule has 1 saturated heterocycles. The minimum Gasteiger partial charge on any atom is -0.382 e. The van der Waals surface area contributed by atoms with Crippen LogP contribution in [0.4, 0.5) is 0 Å². The molecule has 1 radical (unpaired) electrons. The summed E-state index contributed by atoms with van der Waals surface area (Å²) in [6.07, 6.45) is 4.77. The third-order valence-corrected chi connectivity index (χ3v) is 1.44. The molecule has 0 amide bonds. The molecule has 0 aromatic heterocycles. The first kappa shape index (κ1) is 7.03. The average Bonchev–Trinajstić information content (AvgIpc) is 1.91. The molecule has 0 bridgehead atoms. The average molecular weight is 129 g/mol. The molecule has 0 aromatic carbocycles. The van der Waals surface area contributed by atoms with Crippen molar-refractivity contribution in [2.75, 3.05) is 20.3 Å². The lowest BCUT2D eigenvalue weighted by molar-refractivity contribution is -0.00133. The summed E-state index contributed by atoms with van der Waals surface area (Å²) in [5.74, 6) is 0. The molecular formula is C7H13O2. The van der Waals surface area contributed by atoms with Crippen LogP contribution in [0.25, 0.3) is 0 Å². The van der Waals surface area contributed by atoms with Gasteiger partial charge in [-0.3, -0.25) is 0 Å². The summed E-state index contributed by atoms with van der Waals surface area (Å²) in [6.45, 7) is 1.60. The predicted molar refractivity (Wildman–Crippen MR) is 35.1 cm³/mol. The molecule has 0 saturated carbocycles. The summed E-state index contributed by atoms with van der Waals surface area (Å²) < 4.78 is 10.3. The lowest BCUT2D eigenvalue weighted by atomic mass is 10.1. The van der Waals surface area contributed by atoms with Crippen molar-refractivity contribution in [1.82, 2.24) is 0 Å². The van der Waals surface area contributed by atoms with Gasteiger partial charge < -0.3 is 9.47 Å². The number of rotatable bonds is 2. The molecule has 1 aliphatic rings. The van der Waals surface area contributed by atoms with Crippen LogP contribution in [0.2, 0.25) is 0 Å². The summed E-state index contributed by atoms with van der Waals surface area (Å²) in [6, 6.07) is 0. The molecule has 0 unspecified atom stereocenters. The van der Waals surface area contributed by atoms with Crippen molar-refractivity contribution in [3.05, 3.63) is 6.42 Å². The van der Waals surface area contributed by atoms with Gasteiger partial charge in [0.2, 0.25) is 0 Å². The van der Waals surface area contributed by atoms with Crippen LogP contribution in [-0.4, -0.2) is 26.4 Å². The maximum Gasteiger partial charge on any atom is 0.0840 e. The number of methoxy groups -OCH3 is 1. The molecule has 1 atom stereocenters. The highest BCUT2D eigenvalue weighted by Gasteiger charge is 2.12. The smallest absolute Gasteiger partial charge is 0.0840 e. The van der Waals surface area contributed by atoms with E-state index in [1.807, 2.05) is 0 Å². The molecule has 0 N–H and O–H groups in total. The fraction of sp³-hybridized carbons (Fsp3) is 0.857. The van der Waals surface area contributed by atoms with Gasteiger partial charge in [0.15, 0.2) is 0 Å². The van der Waals surface area contributed by atoms with Crippen LogP contribution in [0, 0.1) is 6.42 Å². The van der Waals surface area contributed by atoms with E-state index in [2.05, 4.69) is 6.42 Å². The minimum atomic E-state index is 0.253. The van der Waals surface area contributed by atoms with Crippen molar-refractivity contribution >= 4 is 0 Å². The van der Waals surface area contributed by atoms with Crippen LogP contribution >= 0.6 is 0 Å². The maximum atomic E-state index is 5.34. The Hall–Kier alpha value is -0.0800. The van der Waals surface area contributed by atoms with Gasteiger partial charge in [-0.1, -0.05) is 0 Å². The van der Waals surface area contributed by atoms with Gasteiger partial charge in [0.25, 0.3) is 0 Å². The normalized spacial score (nSPS) is 28.3. The molecule has 1 fully saturated rings. The van der Waals surface area contributed by atoms with Gasteiger partial charge in [-0.05, 0) is 19.3 Å². The van der Waals surface area contributed by atoms with Gasteiger partial charge >= 0.3 is 0 Å². The van der Waals surface area contributed by atoms with Crippen molar-refractivity contribution in [3.63, 3.8) is 0 Å². The molecule has 53 valence electrons. The van der Waals surface area contributed by atoms with E-state index in [1.54, 1.807) is 7.11 Å². The Morgan fingerprint density at radius 1 is 1.78 bits per heavy atom. The zero-order chi connectivity index (χ0) is 6.53. The minimum absolute atomic E-state index is 0.253. The van der Waals surface area contributed by atoms with Crippen LogP contribution in [0.15, 0.2) is 0 Å². The van der Waals surface area contributed by atoms with E-state index in [0.717, 1.165) is 6.61 Å². The first-order chi connectivity index (χ1) is 4.43. The van der Waals surface area contributed by atoms with Crippen LogP contribution in [0.3, 0.4) is 0 Å². The van der Waals surface area contributed by atoms with Crippen molar-refractivity contribution in [2.45, 2.75) is 18.9 Å². The molecule has 2 heteroatoms. The highest BCUT2D eigenvalue weighted by atomic mass is 16.5. The van der Waals surface area contributed by atoms with Crippen molar-refractivity contribution in [3.8, 4) is 0 Å². The molecule has 1 heterocycles. The second kappa shape index (κ2) is 3.85. The van der Waals surface area contributed by atoms with Crippen LogP contribution in [0.1, 0.15) is 12.8 Å². The highest BCUT2D eigenvalue weighted by molar-refractivity contribution is 4.79. The number of hydrogen-bond acceptors (Lipinski definition) is 2. The monoisotopic (exact) mass is 129 g/mol. The highest BCUT2D eigenvalue weighted by Crippen LogP contribution is 2.10. The Balaban J connectivity index is 2.08. The van der Waals surface area contributed by atoms with Gasteiger partial charge in [0.05, 0.1) is 12.7 Å². The molecule has 0 aromatic rings. The van der Waals surface area contributed by atoms with Crippen LogP contribution in [0.5, 0.6) is 0 Å². The van der Waals surface area contributed by atoms with Gasteiger partial charge in [-0.15, -0.1) is 0 Å². The Bertz CT molecular complexity index is 64.6. The molecule has 0 spiro atoms. The van der Waals surface area contributed by atoms with Crippen molar-refractivity contribution in [1.29, 1.82) is 0 Å². The largest absolute Gasteiger partial charge is 0.382 e. The topological polar surface area (TPSA) is 18.5 Å². The van der Waals surface area contributed by atoms with Gasteiger partial charge in [-0.25, -0.2) is 0 Å². The van der Waals surface area contributed by atoms with E-state index in [9.17, 15) is 0 Å². The van der Waals surface area contributed by atoms with E-state index >= 15 is 0 Å². The zero-order valence-electron chi connectivity index (χ0n) is 5.80. The molecule has 2 nitrogen and oxygen atoms in total. The van der Waals surface area contributed by atoms with E-state index < -0.39 is 0 Å². The third-order valence-electron chi connectivity index (χ3n) is 1.44. The predicted octanol–water partition coefficient (Wildman–Crippen LogP) is 1.02. The Morgan fingerprint density at radius 2 is 2.67 bits per heavy atom. The van der Waals surface area contributed by atoms with Crippen molar-refractivity contribution in [2.24, 2.45) is 0 Å². The zero-order valence-corrected chi connectivity index (χ0v) is 5.80. The van der Waals surface area contributed by atoms with E-state index in [-0.39, 0.29) is 6.10 Å². The van der Waals surface area contributed by atoms with Crippen molar-refractivity contribution < 1.29 is 9.47 Å². The summed E-state index contributed by atoms with van der Waals surface area (Å²) in [4.78, 5) is 0. The SMILES string of the molecule is COC[C@H]1[CH]CCCO1. The second-order valence-electron chi connectivity index (χ2n) is 2.24.